The number of nitrogens with one attached hydrogen (secondary N) is 2. The summed E-state index contributed by atoms with van der Waals surface area (Å²) < 4.78 is 1.94. The van der Waals surface area contributed by atoms with Gasteiger partial charge in [-0.25, -0.2) is 4.98 Å². The number of benzene rings is 1. The van der Waals surface area contributed by atoms with Crippen molar-refractivity contribution in [3.8, 4) is 0 Å². The molecule has 1 amide bonds. The molecule has 23 heavy (non-hydrogen) atoms. The van der Waals surface area contributed by atoms with Crippen molar-refractivity contribution >= 4 is 22.6 Å². The van der Waals surface area contributed by atoms with Crippen LogP contribution in [0.1, 0.15) is 30.1 Å². The van der Waals surface area contributed by atoms with E-state index in [2.05, 4.69) is 20.4 Å². The van der Waals surface area contributed by atoms with Crippen LogP contribution in [-0.2, 0) is 11.3 Å². The van der Waals surface area contributed by atoms with Gasteiger partial charge in [0.2, 0.25) is 5.91 Å². The van der Waals surface area contributed by atoms with Crippen LogP contribution in [-0.4, -0.2) is 25.7 Å². The van der Waals surface area contributed by atoms with Gasteiger partial charge in [0.05, 0.1) is 16.9 Å². The molecule has 0 fully saturated rings. The second-order valence-corrected chi connectivity index (χ2v) is 5.83. The van der Waals surface area contributed by atoms with Gasteiger partial charge < -0.3 is 10.3 Å². The van der Waals surface area contributed by atoms with E-state index in [-0.39, 0.29) is 5.91 Å². The number of hydrogen-bond donors (Lipinski definition) is 2. The van der Waals surface area contributed by atoms with Crippen molar-refractivity contribution in [1.82, 2.24) is 19.7 Å². The van der Waals surface area contributed by atoms with E-state index in [0.717, 1.165) is 46.9 Å². The summed E-state index contributed by atoms with van der Waals surface area (Å²) in [4.78, 5) is 19.8. The summed E-state index contributed by atoms with van der Waals surface area (Å²) in [7, 11) is 0. The molecule has 0 spiro atoms. The molecule has 0 saturated carbocycles. The van der Waals surface area contributed by atoms with Crippen molar-refractivity contribution in [2.24, 2.45) is 0 Å². The number of aryl methyl sites for hydroxylation is 4. The summed E-state index contributed by atoms with van der Waals surface area (Å²) in [6.07, 6.45) is 1.21. The average molecular weight is 311 g/mol. The minimum Gasteiger partial charge on any atom is -0.342 e. The monoisotopic (exact) mass is 311 g/mol. The number of carbonyl (C=O) groups is 1. The summed E-state index contributed by atoms with van der Waals surface area (Å²) in [5.74, 6) is 0.839. The first kappa shape index (κ1) is 15.3. The van der Waals surface area contributed by atoms with Crippen molar-refractivity contribution in [3.63, 3.8) is 0 Å². The molecule has 0 bridgehead atoms. The van der Waals surface area contributed by atoms with Gasteiger partial charge in [-0.15, -0.1) is 0 Å². The number of fused-ring (bicyclic) bond motifs is 1. The summed E-state index contributed by atoms with van der Waals surface area (Å²) in [6, 6.07) is 7.78. The molecule has 6 nitrogen and oxygen atoms in total. The Bertz CT molecular complexity index is 846. The van der Waals surface area contributed by atoms with Crippen LogP contribution in [0, 0.1) is 20.8 Å². The first-order valence-electron chi connectivity index (χ1n) is 7.79. The van der Waals surface area contributed by atoms with Gasteiger partial charge in [0.15, 0.2) is 0 Å². The number of imidazole rings is 1. The van der Waals surface area contributed by atoms with Crippen LogP contribution in [0.25, 0.3) is 11.0 Å². The van der Waals surface area contributed by atoms with Gasteiger partial charge >= 0.3 is 0 Å². The molecule has 0 aliphatic rings. The highest BCUT2D eigenvalue weighted by Gasteiger charge is 2.09. The lowest BCUT2D eigenvalue weighted by Crippen LogP contribution is -2.13. The van der Waals surface area contributed by atoms with Crippen molar-refractivity contribution in [1.29, 1.82) is 0 Å². The first-order chi connectivity index (χ1) is 11.0. The molecule has 6 heteroatoms. The molecule has 2 aromatic heterocycles. The highest BCUT2D eigenvalue weighted by molar-refractivity contribution is 5.99. The van der Waals surface area contributed by atoms with E-state index in [1.165, 1.54) is 0 Å². The van der Waals surface area contributed by atoms with Crippen LogP contribution < -0.4 is 5.32 Å². The lowest BCUT2D eigenvalue weighted by atomic mass is 10.2. The largest absolute Gasteiger partial charge is 0.342 e. The number of amides is 1. The molecule has 0 aliphatic heterocycles. The minimum atomic E-state index is -0.000292. The first-order valence-corrected chi connectivity index (χ1v) is 7.79. The SMILES string of the molecule is Cc1cc(C)n(CCCC(=O)Nc2cccc3[nH]c(C)nc23)n1. The zero-order chi connectivity index (χ0) is 16.4. The molecule has 0 aliphatic carbocycles. The number of para-hydroxylation sites is 1. The second kappa shape index (κ2) is 6.24. The topological polar surface area (TPSA) is 75.6 Å². The van der Waals surface area contributed by atoms with Crippen molar-refractivity contribution in [3.05, 3.63) is 41.5 Å². The van der Waals surface area contributed by atoms with E-state index >= 15 is 0 Å². The standard InChI is InChI=1S/C17H21N5O/c1-11-10-12(2)22(21-11)9-5-8-16(23)20-15-7-4-6-14-17(15)19-13(3)18-14/h4,6-7,10H,5,8-9H2,1-3H3,(H,18,19)(H,20,23). The fraction of sp³-hybridized carbons (Fsp3) is 0.353. The van der Waals surface area contributed by atoms with Crippen molar-refractivity contribution in [2.45, 2.75) is 40.2 Å². The van der Waals surface area contributed by atoms with Gasteiger partial charge in [-0.1, -0.05) is 6.07 Å². The summed E-state index contributed by atoms with van der Waals surface area (Å²) in [5.41, 5.74) is 4.62. The highest BCUT2D eigenvalue weighted by Crippen LogP contribution is 2.21. The Morgan fingerprint density at radius 1 is 1.30 bits per heavy atom. The molecular formula is C17H21N5O. The molecule has 3 rings (SSSR count). The lowest BCUT2D eigenvalue weighted by Gasteiger charge is -2.07. The quantitative estimate of drug-likeness (QED) is 0.760. The number of aromatic amines is 1. The number of carbonyl (C=O) groups excluding carboxylic acids is 1. The maximum atomic E-state index is 12.2. The Hall–Kier alpha value is -2.63. The molecule has 2 N–H and O–H groups in total. The Balaban J connectivity index is 1.59. The number of H-pyrrole nitrogens is 1. The van der Waals surface area contributed by atoms with E-state index < -0.39 is 0 Å². The number of hydrogen-bond acceptors (Lipinski definition) is 3. The van der Waals surface area contributed by atoms with Crippen LogP contribution in [0.15, 0.2) is 24.3 Å². The molecule has 0 saturated heterocycles. The van der Waals surface area contributed by atoms with Gasteiger partial charge in [0.25, 0.3) is 0 Å². The fourth-order valence-electron chi connectivity index (χ4n) is 2.76. The molecule has 120 valence electrons. The van der Waals surface area contributed by atoms with Gasteiger partial charge in [-0.2, -0.15) is 5.10 Å². The van der Waals surface area contributed by atoms with E-state index in [4.69, 9.17) is 0 Å². The summed E-state index contributed by atoms with van der Waals surface area (Å²) >= 11 is 0. The normalized spacial score (nSPS) is 11.1. The van der Waals surface area contributed by atoms with Crippen LogP contribution in [0.4, 0.5) is 5.69 Å². The Morgan fingerprint density at radius 3 is 2.87 bits per heavy atom. The third-order valence-corrected chi connectivity index (χ3v) is 3.78. The highest BCUT2D eigenvalue weighted by atomic mass is 16.1. The third-order valence-electron chi connectivity index (χ3n) is 3.78. The second-order valence-electron chi connectivity index (χ2n) is 5.83. The number of aromatic nitrogens is 4. The predicted molar refractivity (Wildman–Crippen MR) is 90.4 cm³/mol. The van der Waals surface area contributed by atoms with Crippen molar-refractivity contribution in [2.75, 3.05) is 5.32 Å². The van der Waals surface area contributed by atoms with Crippen molar-refractivity contribution < 1.29 is 4.79 Å². The molecule has 1 aromatic carbocycles. The number of nitrogens with zero attached hydrogens (tertiary/aromatic N) is 3. The molecule has 3 aromatic rings. The average Bonchev–Trinajstić information content (AvgIpc) is 3.01. The Morgan fingerprint density at radius 2 is 2.13 bits per heavy atom. The summed E-state index contributed by atoms with van der Waals surface area (Å²) in [6.45, 7) is 6.65. The van der Waals surface area contributed by atoms with E-state index in [0.29, 0.717) is 6.42 Å². The summed E-state index contributed by atoms with van der Waals surface area (Å²) in [5, 5.41) is 7.36. The van der Waals surface area contributed by atoms with Crippen LogP contribution in [0.3, 0.4) is 0 Å². The van der Waals surface area contributed by atoms with Gasteiger partial charge in [0, 0.05) is 18.7 Å². The predicted octanol–water partition coefficient (Wildman–Crippen LogP) is 3.10. The van der Waals surface area contributed by atoms with Gasteiger partial charge in [-0.3, -0.25) is 9.48 Å². The van der Waals surface area contributed by atoms with Crippen LogP contribution in [0.2, 0.25) is 0 Å². The van der Waals surface area contributed by atoms with E-state index in [1.807, 2.05) is 49.7 Å². The van der Waals surface area contributed by atoms with Crippen LogP contribution >= 0.6 is 0 Å². The van der Waals surface area contributed by atoms with E-state index in [9.17, 15) is 4.79 Å². The van der Waals surface area contributed by atoms with Gasteiger partial charge in [-0.05, 0) is 45.4 Å². The maximum absolute atomic E-state index is 12.2. The van der Waals surface area contributed by atoms with E-state index in [1.54, 1.807) is 0 Å². The molecule has 0 radical (unpaired) electrons. The van der Waals surface area contributed by atoms with Crippen LogP contribution in [0.5, 0.6) is 0 Å². The Labute approximate surface area is 134 Å². The lowest BCUT2D eigenvalue weighted by molar-refractivity contribution is -0.116. The zero-order valence-corrected chi connectivity index (χ0v) is 13.7. The van der Waals surface area contributed by atoms with Gasteiger partial charge in [0.1, 0.15) is 11.3 Å². The molecular weight excluding hydrogens is 290 g/mol. The minimum absolute atomic E-state index is 0.000292. The third kappa shape index (κ3) is 3.41. The zero-order valence-electron chi connectivity index (χ0n) is 13.7. The number of anilines is 1. The number of rotatable bonds is 5. The molecule has 0 atom stereocenters. The smallest absolute Gasteiger partial charge is 0.224 e. The maximum Gasteiger partial charge on any atom is 0.224 e. The molecule has 2 heterocycles. The molecule has 0 unspecified atom stereocenters. The fourth-order valence-corrected chi connectivity index (χ4v) is 2.76. The Kier molecular flexibility index (Phi) is 4.14.